The summed E-state index contributed by atoms with van der Waals surface area (Å²) in [6, 6.07) is 13.3. The van der Waals surface area contributed by atoms with Gasteiger partial charge in [-0.15, -0.1) is 0 Å². The van der Waals surface area contributed by atoms with Gasteiger partial charge in [0.2, 0.25) is 5.91 Å². The van der Waals surface area contributed by atoms with E-state index in [1.165, 1.54) is 19.1 Å². The molecule has 0 unspecified atom stereocenters. The summed E-state index contributed by atoms with van der Waals surface area (Å²) in [7, 11) is -3.90. The maximum absolute atomic E-state index is 12.4. The number of amides is 1. The summed E-state index contributed by atoms with van der Waals surface area (Å²) in [5.41, 5.74) is 1.89. The van der Waals surface area contributed by atoms with Crippen molar-refractivity contribution in [2.24, 2.45) is 0 Å². The lowest BCUT2D eigenvalue weighted by atomic mass is 9.87. The number of carbonyl (C=O) groups is 1. The van der Waals surface area contributed by atoms with Crippen molar-refractivity contribution in [3.8, 4) is 5.75 Å². The van der Waals surface area contributed by atoms with Crippen molar-refractivity contribution < 1.29 is 17.4 Å². The maximum Gasteiger partial charge on any atom is 0.339 e. The van der Waals surface area contributed by atoms with E-state index in [2.05, 4.69) is 26.1 Å². The molecule has 0 heterocycles. The van der Waals surface area contributed by atoms with Crippen LogP contribution >= 0.6 is 0 Å². The summed E-state index contributed by atoms with van der Waals surface area (Å²) in [4.78, 5) is 11.0. The number of nitrogens with one attached hydrogen (secondary N) is 1. The van der Waals surface area contributed by atoms with Crippen molar-refractivity contribution in [3.05, 3.63) is 59.7 Å². The molecule has 1 N–H and O–H groups in total. The average Bonchev–Trinajstić information content (AvgIpc) is 2.52. The molecule has 0 saturated heterocycles. The van der Waals surface area contributed by atoms with Crippen LogP contribution in [0.15, 0.2) is 53.4 Å². The van der Waals surface area contributed by atoms with E-state index < -0.39 is 10.1 Å². The van der Waals surface area contributed by atoms with Gasteiger partial charge in [0.1, 0.15) is 10.6 Å². The van der Waals surface area contributed by atoms with E-state index in [1.54, 1.807) is 24.3 Å². The highest BCUT2D eigenvalue weighted by atomic mass is 32.2. The highest BCUT2D eigenvalue weighted by Crippen LogP contribution is 2.26. The summed E-state index contributed by atoms with van der Waals surface area (Å²) in [5.74, 6) is 0.133. The van der Waals surface area contributed by atoms with E-state index in [4.69, 9.17) is 4.18 Å². The van der Waals surface area contributed by atoms with Gasteiger partial charge in [0.15, 0.2) is 0 Å². The van der Waals surface area contributed by atoms with E-state index >= 15 is 0 Å². The van der Waals surface area contributed by atoms with Gasteiger partial charge < -0.3 is 9.50 Å². The van der Waals surface area contributed by atoms with Crippen LogP contribution in [0, 0.1) is 0 Å². The molecule has 5 nitrogen and oxygen atoms in total. The second kappa shape index (κ2) is 7.27. The lowest BCUT2D eigenvalue weighted by molar-refractivity contribution is -0.119. The van der Waals surface area contributed by atoms with Gasteiger partial charge in [0, 0.05) is 13.5 Å². The topological polar surface area (TPSA) is 72.5 Å². The van der Waals surface area contributed by atoms with Crippen LogP contribution in [0.3, 0.4) is 0 Å². The molecule has 2 aromatic carbocycles. The van der Waals surface area contributed by atoms with Crippen molar-refractivity contribution in [1.82, 2.24) is 5.32 Å². The standard InChI is InChI=1S/C19H23NO4S/c1-14(21)20-13-15-5-11-18(12-6-15)25(22,23)24-17-9-7-16(8-10-17)19(2,3)4/h5-12H,13H2,1-4H3,(H,20,21). The molecule has 0 saturated carbocycles. The largest absolute Gasteiger partial charge is 0.379 e. The van der Waals surface area contributed by atoms with Gasteiger partial charge in [-0.3, -0.25) is 4.79 Å². The average molecular weight is 361 g/mol. The maximum atomic E-state index is 12.4. The molecule has 1 amide bonds. The molecule has 0 aliphatic rings. The summed E-state index contributed by atoms with van der Waals surface area (Å²) in [6.45, 7) is 8.04. The first-order chi connectivity index (χ1) is 11.6. The van der Waals surface area contributed by atoms with Crippen LogP contribution in [-0.2, 0) is 26.9 Å². The van der Waals surface area contributed by atoms with Gasteiger partial charge in [-0.25, -0.2) is 0 Å². The van der Waals surface area contributed by atoms with Crippen LogP contribution in [0.25, 0.3) is 0 Å². The number of carbonyl (C=O) groups excluding carboxylic acids is 1. The highest BCUT2D eigenvalue weighted by molar-refractivity contribution is 7.87. The van der Waals surface area contributed by atoms with Crippen LogP contribution < -0.4 is 9.50 Å². The number of benzene rings is 2. The van der Waals surface area contributed by atoms with Crippen LogP contribution in [-0.4, -0.2) is 14.3 Å². The second-order valence-electron chi connectivity index (χ2n) is 6.87. The molecule has 0 bridgehead atoms. The van der Waals surface area contributed by atoms with E-state index in [9.17, 15) is 13.2 Å². The molecule has 25 heavy (non-hydrogen) atoms. The van der Waals surface area contributed by atoms with Gasteiger partial charge in [-0.2, -0.15) is 8.42 Å². The quantitative estimate of drug-likeness (QED) is 0.829. The molecule has 134 valence electrons. The predicted molar refractivity (Wildman–Crippen MR) is 96.9 cm³/mol. The molecule has 0 radical (unpaired) electrons. The summed E-state index contributed by atoms with van der Waals surface area (Å²) >= 11 is 0. The third-order valence-electron chi connectivity index (χ3n) is 3.68. The fraction of sp³-hybridized carbons (Fsp3) is 0.316. The Balaban J connectivity index is 2.12. The third-order valence-corrected chi connectivity index (χ3v) is 4.94. The lowest BCUT2D eigenvalue weighted by Gasteiger charge is -2.19. The SMILES string of the molecule is CC(=O)NCc1ccc(S(=O)(=O)Oc2ccc(C(C)(C)C)cc2)cc1. The molecule has 0 atom stereocenters. The van der Waals surface area contributed by atoms with E-state index in [1.807, 2.05) is 12.1 Å². The van der Waals surface area contributed by atoms with Crippen LogP contribution in [0.1, 0.15) is 38.8 Å². The van der Waals surface area contributed by atoms with Gasteiger partial charge in [-0.1, -0.05) is 45.0 Å². The van der Waals surface area contributed by atoms with Crippen molar-refractivity contribution in [3.63, 3.8) is 0 Å². The Morgan fingerprint density at radius 3 is 2.04 bits per heavy atom. The predicted octanol–water partition coefficient (Wildman–Crippen LogP) is 3.39. The van der Waals surface area contributed by atoms with Crippen molar-refractivity contribution in [2.45, 2.75) is 44.6 Å². The Kier molecular flexibility index (Phi) is 5.52. The lowest BCUT2D eigenvalue weighted by Crippen LogP contribution is -2.19. The first-order valence-corrected chi connectivity index (χ1v) is 9.37. The summed E-state index contributed by atoms with van der Waals surface area (Å²) < 4.78 is 29.9. The fourth-order valence-electron chi connectivity index (χ4n) is 2.19. The Morgan fingerprint density at radius 1 is 1.00 bits per heavy atom. The zero-order valence-electron chi connectivity index (χ0n) is 14.9. The van der Waals surface area contributed by atoms with E-state index in [0.29, 0.717) is 6.54 Å². The third kappa shape index (κ3) is 5.32. The molecule has 0 aliphatic carbocycles. The minimum Gasteiger partial charge on any atom is -0.379 e. The van der Waals surface area contributed by atoms with Crippen molar-refractivity contribution in [2.75, 3.05) is 0 Å². The Bertz CT molecular complexity index is 832. The number of rotatable bonds is 5. The van der Waals surface area contributed by atoms with Crippen molar-refractivity contribution >= 4 is 16.0 Å². The van der Waals surface area contributed by atoms with E-state index in [-0.39, 0.29) is 22.0 Å². The zero-order valence-corrected chi connectivity index (χ0v) is 15.7. The number of hydrogen-bond donors (Lipinski definition) is 1. The minimum atomic E-state index is -3.90. The minimum absolute atomic E-state index is 0.0128. The first-order valence-electron chi connectivity index (χ1n) is 7.96. The monoisotopic (exact) mass is 361 g/mol. The van der Waals surface area contributed by atoms with Gasteiger partial charge in [0.25, 0.3) is 0 Å². The summed E-state index contributed by atoms with van der Waals surface area (Å²) in [6.07, 6.45) is 0. The van der Waals surface area contributed by atoms with E-state index in [0.717, 1.165) is 11.1 Å². The smallest absolute Gasteiger partial charge is 0.339 e. The number of hydrogen-bond acceptors (Lipinski definition) is 4. The Morgan fingerprint density at radius 2 is 1.56 bits per heavy atom. The Hall–Kier alpha value is -2.34. The highest BCUT2D eigenvalue weighted by Gasteiger charge is 2.18. The molecule has 0 fully saturated rings. The second-order valence-corrected chi connectivity index (χ2v) is 8.41. The van der Waals surface area contributed by atoms with Gasteiger partial charge in [-0.05, 0) is 40.8 Å². The van der Waals surface area contributed by atoms with Crippen LogP contribution in [0.4, 0.5) is 0 Å². The molecule has 2 rings (SSSR count). The molecular weight excluding hydrogens is 338 g/mol. The molecule has 2 aromatic rings. The zero-order chi connectivity index (χ0) is 18.7. The first kappa shape index (κ1) is 19.0. The Labute approximate surface area is 149 Å². The van der Waals surface area contributed by atoms with Crippen LogP contribution in [0.2, 0.25) is 0 Å². The summed E-state index contributed by atoms with van der Waals surface area (Å²) in [5, 5.41) is 2.66. The van der Waals surface area contributed by atoms with Crippen LogP contribution in [0.5, 0.6) is 5.75 Å². The fourth-order valence-corrected chi connectivity index (χ4v) is 3.12. The molecule has 6 heteroatoms. The molecule has 0 aromatic heterocycles. The molecule has 0 aliphatic heterocycles. The molecule has 0 spiro atoms. The van der Waals surface area contributed by atoms with Gasteiger partial charge in [0.05, 0.1) is 0 Å². The van der Waals surface area contributed by atoms with Gasteiger partial charge >= 0.3 is 10.1 Å². The normalized spacial score (nSPS) is 11.8. The van der Waals surface area contributed by atoms with Crippen molar-refractivity contribution in [1.29, 1.82) is 0 Å². The molecular formula is C19H23NO4S.